The Hall–Kier alpha value is -3.03. The number of H-pyrrole nitrogens is 1. The van der Waals surface area contributed by atoms with Gasteiger partial charge in [-0.2, -0.15) is 5.10 Å². The highest BCUT2D eigenvalue weighted by molar-refractivity contribution is 5.77. The number of para-hydroxylation sites is 1. The summed E-state index contributed by atoms with van der Waals surface area (Å²) in [5.74, 6) is 0.404. The third-order valence-electron chi connectivity index (χ3n) is 3.50. The van der Waals surface area contributed by atoms with Crippen LogP contribution in [0.1, 0.15) is 12.2 Å². The molecule has 0 bridgehead atoms. The van der Waals surface area contributed by atoms with Crippen LogP contribution in [0.25, 0.3) is 10.9 Å². The molecule has 3 rings (SSSR count). The van der Waals surface area contributed by atoms with Crippen LogP contribution in [-0.4, -0.2) is 42.6 Å². The van der Waals surface area contributed by atoms with Crippen LogP contribution in [0.2, 0.25) is 0 Å². The Labute approximate surface area is 131 Å². The molecule has 0 aliphatic carbocycles. The van der Waals surface area contributed by atoms with Crippen molar-refractivity contribution in [1.82, 2.24) is 29.6 Å². The number of amides is 1. The maximum absolute atomic E-state index is 12.1. The van der Waals surface area contributed by atoms with E-state index >= 15 is 0 Å². The molecule has 1 N–H and O–H groups in total. The highest BCUT2D eigenvalue weighted by Crippen LogP contribution is 2.07. The van der Waals surface area contributed by atoms with Gasteiger partial charge in [-0.3, -0.25) is 14.3 Å². The topological polar surface area (TPSA) is 96.8 Å². The SMILES string of the molecule is CN(Cc1nc2ccccc2c(=O)[nH]1)C(=O)CCn1cncn1. The van der Waals surface area contributed by atoms with Gasteiger partial charge in [-0.1, -0.05) is 12.1 Å². The number of aryl methyl sites for hydroxylation is 1. The fourth-order valence-corrected chi connectivity index (χ4v) is 2.27. The normalized spacial score (nSPS) is 10.8. The van der Waals surface area contributed by atoms with Gasteiger partial charge in [0.1, 0.15) is 18.5 Å². The number of carbonyl (C=O) groups excluding carboxylic acids is 1. The van der Waals surface area contributed by atoms with Crippen LogP contribution in [0.15, 0.2) is 41.7 Å². The third kappa shape index (κ3) is 3.42. The summed E-state index contributed by atoms with van der Waals surface area (Å²) >= 11 is 0. The van der Waals surface area contributed by atoms with E-state index in [9.17, 15) is 9.59 Å². The molecular weight excluding hydrogens is 296 g/mol. The first-order valence-electron chi connectivity index (χ1n) is 7.18. The maximum atomic E-state index is 12.1. The van der Waals surface area contributed by atoms with Crippen LogP contribution in [0, 0.1) is 0 Å². The lowest BCUT2D eigenvalue weighted by Crippen LogP contribution is -2.29. The fourth-order valence-electron chi connectivity index (χ4n) is 2.27. The standard InChI is InChI=1S/C15H16N6O2/c1-20(14(22)6-7-21-10-16-9-17-21)8-13-18-12-5-3-2-4-11(12)15(23)19-13/h2-5,9-10H,6-8H2,1H3,(H,18,19,23). The highest BCUT2D eigenvalue weighted by Gasteiger charge is 2.12. The van der Waals surface area contributed by atoms with E-state index in [2.05, 4.69) is 20.1 Å². The zero-order valence-corrected chi connectivity index (χ0v) is 12.6. The molecule has 0 spiro atoms. The van der Waals surface area contributed by atoms with Gasteiger partial charge in [0.25, 0.3) is 5.56 Å². The Balaban J connectivity index is 1.68. The lowest BCUT2D eigenvalue weighted by Gasteiger charge is -2.16. The van der Waals surface area contributed by atoms with Gasteiger partial charge in [-0.05, 0) is 12.1 Å². The largest absolute Gasteiger partial charge is 0.338 e. The van der Waals surface area contributed by atoms with Crippen molar-refractivity contribution in [3.05, 3.63) is 53.1 Å². The Morgan fingerprint density at radius 2 is 2.17 bits per heavy atom. The van der Waals surface area contributed by atoms with Crippen molar-refractivity contribution in [2.75, 3.05) is 7.05 Å². The monoisotopic (exact) mass is 312 g/mol. The second kappa shape index (κ2) is 6.39. The molecule has 0 saturated carbocycles. The molecule has 0 atom stereocenters. The van der Waals surface area contributed by atoms with Gasteiger partial charge >= 0.3 is 0 Å². The minimum absolute atomic E-state index is 0.0590. The van der Waals surface area contributed by atoms with Crippen LogP contribution >= 0.6 is 0 Å². The van der Waals surface area contributed by atoms with Crippen molar-refractivity contribution < 1.29 is 4.79 Å². The van der Waals surface area contributed by atoms with E-state index in [0.717, 1.165) is 0 Å². The lowest BCUT2D eigenvalue weighted by molar-refractivity contribution is -0.130. The quantitative estimate of drug-likeness (QED) is 0.742. The Kier molecular flexibility index (Phi) is 4.13. The van der Waals surface area contributed by atoms with Gasteiger partial charge in [-0.15, -0.1) is 0 Å². The number of aromatic amines is 1. The molecular formula is C15H16N6O2. The van der Waals surface area contributed by atoms with Crippen molar-refractivity contribution in [2.24, 2.45) is 0 Å². The number of benzene rings is 1. The molecule has 0 aliphatic rings. The van der Waals surface area contributed by atoms with Crippen molar-refractivity contribution in [3.63, 3.8) is 0 Å². The lowest BCUT2D eigenvalue weighted by atomic mass is 10.2. The van der Waals surface area contributed by atoms with Gasteiger partial charge in [-0.25, -0.2) is 9.97 Å². The minimum Gasteiger partial charge on any atom is -0.338 e. The molecule has 8 heteroatoms. The molecule has 0 aliphatic heterocycles. The molecule has 118 valence electrons. The van der Waals surface area contributed by atoms with E-state index in [0.29, 0.717) is 29.7 Å². The molecule has 0 saturated heterocycles. The molecule has 3 aromatic rings. The number of nitrogens with zero attached hydrogens (tertiary/aromatic N) is 5. The van der Waals surface area contributed by atoms with Crippen molar-refractivity contribution in [1.29, 1.82) is 0 Å². The van der Waals surface area contributed by atoms with Gasteiger partial charge in [0.2, 0.25) is 5.91 Å². The molecule has 0 fully saturated rings. The molecule has 0 unspecified atom stereocenters. The highest BCUT2D eigenvalue weighted by atomic mass is 16.2. The predicted octanol–water partition coefficient (Wildman–Crippen LogP) is 0.563. The number of carbonyl (C=O) groups is 1. The number of hydrogen-bond donors (Lipinski definition) is 1. The first kappa shape index (κ1) is 14.9. The Morgan fingerprint density at radius 3 is 2.96 bits per heavy atom. The average Bonchev–Trinajstić information content (AvgIpc) is 3.06. The first-order chi connectivity index (χ1) is 11.1. The summed E-state index contributed by atoms with van der Waals surface area (Å²) in [6, 6.07) is 7.11. The fraction of sp³-hybridized carbons (Fsp3) is 0.267. The number of fused-ring (bicyclic) bond motifs is 1. The molecule has 2 heterocycles. The summed E-state index contributed by atoms with van der Waals surface area (Å²) in [5, 5.41) is 4.49. The minimum atomic E-state index is -0.200. The number of rotatable bonds is 5. The van der Waals surface area contributed by atoms with E-state index in [1.165, 1.54) is 11.2 Å². The summed E-state index contributed by atoms with van der Waals surface area (Å²) in [6.45, 7) is 0.709. The first-order valence-corrected chi connectivity index (χ1v) is 7.18. The summed E-state index contributed by atoms with van der Waals surface area (Å²) in [6.07, 6.45) is 3.30. The summed E-state index contributed by atoms with van der Waals surface area (Å²) in [5.41, 5.74) is 0.420. The average molecular weight is 312 g/mol. The molecule has 8 nitrogen and oxygen atoms in total. The maximum Gasteiger partial charge on any atom is 0.258 e. The summed E-state index contributed by atoms with van der Waals surface area (Å²) < 4.78 is 1.60. The molecule has 0 radical (unpaired) electrons. The summed E-state index contributed by atoms with van der Waals surface area (Å²) in [4.78, 5) is 36.6. The summed E-state index contributed by atoms with van der Waals surface area (Å²) in [7, 11) is 1.68. The van der Waals surface area contributed by atoms with Gasteiger partial charge < -0.3 is 9.88 Å². The Bertz CT molecular complexity index is 871. The number of nitrogens with one attached hydrogen (secondary N) is 1. The van der Waals surface area contributed by atoms with E-state index < -0.39 is 0 Å². The van der Waals surface area contributed by atoms with E-state index in [1.807, 2.05) is 6.07 Å². The van der Waals surface area contributed by atoms with Crippen molar-refractivity contribution in [2.45, 2.75) is 19.5 Å². The number of hydrogen-bond acceptors (Lipinski definition) is 5. The zero-order valence-electron chi connectivity index (χ0n) is 12.6. The predicted molar refractivity (Wildman–Crippen MR) is 83.5 cm³/mol. The van der Waals surface area contributed by atoms with Crippen LogP contribution in [-0.2, 0) is 17.9 Å². The van der Waals surface area contributed by atoms with Crippen molar-refractivity contribution >= 4 is 16.8 Å². The smallest absolute Gasteiger partial charge is 0.258 e. The second-order valence-corrected chi connectivity index (χ2v) is 5.19. The molecule has 1 amide bonds. The van der Waals surface area contributed by atoms with E-state index in [-0.39, 0.29) is 18.0 Å². The molecule has 23 heavy (non-hydrogen) atoms. The van der Waals surface area contributed by atoms with E-state index in [4.69, 9.17) is 0 Å². The Morgan fingerprint density at radius 1 is 1.35 bits per heavy atom. The molecule has 2 aromatic heterocycles. The van der Waals surface area contributed by atoms with Crippen LogP contribution in [0.4, 0.5) is 0 Å². The van der Waals surface area contributed by atoms with Gasteiger partial charge in [0.15, 0.2) is 0 Å². The number of aromatic nitrogens is 5. The zero-order chi connectivity index (χ0) is 16.2. The second-order valence-electron chi connectivity index (χ2n) is 5.19. The van der Waals surface area contributed by atoms with Crippen LogP contribution < -0.4 is 5.56 Å². The van der Waals surface area contributed by atoms with E-state index in [1.54, 1.807) is 36.3 Å². The van der Waals surface area contributed by atoms with Gasteiger partial charge in [0.05, 0.1) is 24.0 Å². The van der Waals surface area contributed by atoms with Crippen LogP contribution in [0.5, 0.6) is 0 Å². The van der Waals surface area contributed by atoms with Gasteiger partial charge in [0, 0.05) is 13.5 Å². The van der Waals surface area contributed by atoms with Crippen molar-refractivity contribution in [3.8, 4) is 0 Å². The van der Waals surface area contributed by atoms with Crippen LogP contribution in [0.3, 0.4) is 0 Å². The molecule has 1 aromatic carbocycles. The third-order valence-corrected chi connectivity index (χ3v) is 3.50.